The number of oxazole rings is 1. The van der Waals surface area contributed by atoms with Crippen LogP contribution in [0, 0.1) is 0 Å². The van der Waals surface area contributed by atoms with Crippen LogP contribution < -0.4 is 10.5 Å². The summed E-state index contributed by atoms with van der Waals surface area (Å²) in [6.45, 7) is 0. The van der Waals surface area contributed by atoms with Gasteiger partial charge in [0.05, 0.1) is 6.20 Å². The third-order valence-electron chi connectivity index (χ3n) is 3.53. The second-order valence-electron chi connectivity index (χ2n) is 5.38. The minimum Gasteiger partial charge on any atom is -0.457 e. The maximum Gasteiger partial charge on any atom is 0.286 e. The van der Waals surface area contributed by atoms with E-state index in [1.54, 1.807) is 0 Å². The van der Waals surface area contributed by atoms with Gasteiger partial charge in [-0.1, -0.05) is 30.3 Å². The van der Waals surface area contributed by atoms with E-state index in [2.05, 4.69) is 4.98 Å². The number of amides is 1. The Morgan fingerprint density at radius 1 is 1.00 bits per heavy atom. The van der Waals surface area contributed by atoms with E-state index in [-0.39, 0.29) is 23.9 Å². The number of para-hydroxylation sites is 1. The molecule has 0 saturated carbocycles. The molecule has 3 rings (SSSR count). The van der Waals surface area contributed by atoms with Crippen LogP contribution in [0.1, 0.15) is 33.2 Å². The molecule has 0 unspecified atom stereocenters. The molecule has 126 valence electrons. The van der Waals surface area contributed by atoms with Crippen molar-refractivity contribution in [2.75, 3.05) is 0 Å². The zero-order valence-electron chi connectivity index (χ0n) is 13.3. The van der Waals surface area contributed by atoms with Crippen LogP contribution in [0.25, 0.3) is 0 Å². The van der Waals surface area contributed by atoms with Crippen molar-refractivity contribution in [3.63, 3.8) is 0 Å². The number of rotatable bonds is 7. The Bertz CT molecular complexity index is 870. The highest BCUT2D eigenvalue weighted by atomic mass is 16.5. The Kier molecular flexibility index (Phi) is 4.89. The Labute approximate surface area is 144 Å². The Balaban J connectivity index is 1.56. The van der Waals surface area contributed by atoms with E-state index in [0.29, 0.717) is 6.42 Å². The van der Waals surface area contributed by atoms with E-state index in [9.17, 15) is 9.59 Å². The first-order valence-corrected chi connectivity index (χ1v) is 7.72. The Morgan fingerprint density at radius 3 is 2.32 bits per heavy atom. The van der Waals surface area contributed by atoms with Crippen molar-refractivity contribution in [2.45, 2.75) is 12.8 Å². The van der Waals surface area contributed by atoms with Gasteiger partial charge in [0.25, 0.3) is 11.8 Å². The van der Waals surface area contributed by atoms with E-state index >= 15 is 0 Å². The molecule has 0 atom stereocenters. The van der Waals surface area contributed by atoms with Gasteiger partial charge in [0.2, 0.25) is 11.5 Å². The van der Waals surface area contributed by atoms with Gasteiger partial charge in [-0.05, 0) is 36.2 Å². The first kappa shape index (κ1) is 16.4. The van der Waals surface area contributed by atoms with Crippen LogP contribution in [0.2, 0.25) is 0 Å². The number of Topliss-reactive ketones (excluding diaryl/α,β-unsaturated/α-hetero) is 1. The normalized spacial score (nSPS) is 10.4. The third-order valence-corrected chi connectivity index (χ3v) is 3.53. The number of hydrogen-bond acceptors (Lipinski definition) is 5. The Hall–Kier alpha value is -3.41. The lowest BCUT2D eigenvalue weighted by atomic mass is 10.1. The minimum absolute atomic E-state index is 0.0992. The topological polar surface area (TPSA) is 95.4 Å². The van der Waals surface area contributed by atoms with Crippen LogP contribution in [-0.4, -0.2) is 16.7 Å². The van der Waals surface area contributed by atoms with Crippen LogP contribution in [0.15, 0.2) is 65.2 Å². The largest absolute Gasteiger partial charge is 0.457 e. The molecule has 6 nitrogen and oxygen atoms in total. The molecule has 0 spiro atoms. The monoisotopic (exact) mass is 336 g/mol. The number of carbonyl (C=O) groups excluding carboxylic acids is 2. The molecule has 1 amide bonds. The molecule has 1 aromatic heterocycles. The number of nitrogens with zero attached hydrogens (tertiary/aromatic N) is 1. The summed E-state index contributed by atoms with van der Waals surface area (Å²) in [5.41, 5.74) is 6.05. The molecule has 0 aliphatic rings. The number of ketones is 1. The first-order valence-electron chi connectivity index (χ1n) is 7.72. The fourth-order valence-corrected chi connectivity index (χ4v) is 2.23. The van der Waals surface area contributed by atoms with Crippen molar-refractivity contribution < 1.29 is 18.7 Å². The average Bonchev–Trinajstić information content (AvgIpc) is 3.12. The third kappa shape index (κ3) is 4.32. The van der Waals surface area contributed by atoms with Crippen molar-refractivity contribution in [3.05, 3.63) is 78.0 Å². The van der Waals surface area contributed by atoms with Crippen LogP contribution in [-0.2, 0) is 6.42 Å². The first-order chi connectivity index (χ1) is 12.1. The lowest BCUT2D eigenvalue weighted by Gasteiger charge is -2.06. The average molecular weight is 336 g/mol. The molecule has 0 saturated heterocycles. The van der Waals surface area contributed by atoms with E-state index < -0.39 is 5.91 Å². The van der Waals surface area contributed by atoms with E-state index in [0.717, 1.165) is 23.3 Å². The molecule has 0 bridgehead atoms. The van der Waals surface area contributed by atoms with Crippen molar-refractivity contribution in [1.82, 2.24) is 4.98 Å². The van der Waals surface area contributed by atoms with E-state index in [1.165, 1.54) is 0 Å². The highest BCUT2D eigenvalue weighted by Gasteiger charge is 2.15. The highest BCUT2D eigenvalue weighted by molar-refractivity contribution is 5.94. The minimum atomic E-state index is -0.749. The molecule has 0 aliphatic heterocycles. The number of hydrogen-bond donors (Lipinski definition) is 1. The van der Waals surface area contributed by atoms with Gasteiger partial charge >= 0.3 is 0 Å². The number of primary amides is 1. The molecule has 1 heterocycles. The van der Waals surface area contributed by atoms with Crippen LogP contribution in [0.5, 0.6) is 11.5 Å². The summed E-state index contributed by atoms with van der Waals surface area (Å²) in [4.78, 5) is 26.7. The van der Waals surface area contributed by atoms with Crippen molar-refractivity contribution >= 4 is 11.7 Å². The molecular formula is C19H16N2O4. The number of aryl methyl sites for hydroxylation is 1. The molecule has 6 heteroatoms. The fourth-order valence-electron chi connectivity index (χ4n) is 2.23. The van der Waals surface area contributed by atoms with Gasteiger partial charge in [-0.15, -0.1) is 0 Å². The lowest BCUT2D eigenvalue weighted by Crippen LogP contribution is -2.09. The van der Waals surface area contributed by atoms with E-state index in [4.69, 9.17) is 14.9 Å². The molecular weight excluding hydrogens is 320 g/mol. The van der Waals surface area contributed by atoms with Crippen LogP contribution in [0.4, 0.5) is 0 Å². The summed E-state index contributed by atoms with van der Waals surface area (Å²) in [5.74, 6) is 0.237. The number of carbonyl (C=O) groups is 2. The summed E-state index contributed by atoms with van der Waals surface area (Å²) >= 11 is 0. The molecule has 2 aromatic carbocycles. The molecule has 0 aliphatic carbocycles. The van der Waals surface area contributed by atoms with Gasteiger partial charge in [0, 0.05) is 6.42 Å². The van der Waals surface area contributed by atoms with Gasteiger partial charge in [0.1, 0.15) is 11.5 Å². The second kappa shape index (κ2) is 7.44. The van der Waals surface area contributed by atoms with Gasteiger partial charge in [-0.2, -0.15) is 0 Å². The van der Waals surface area contributed by atoms with Gasteiger partial charge in [-0.3, -0.25) is 9.59 Å². The number of benzene rings is 2. The predicted octanol–water partition coefficient (Wildman–Crippen LogP) is 3.38. The van der Waals surface area contributed by atoms with Gasteiger partial charge in [0.15, 0.2) is 0 Å². The number of nitrogens with two attached hydrogens (primary N) is 1. The maximum atomic E-state index is 12.0. The predicted molar refractivity (Wildman–Crippen MR) is 90.6 cm³/mol. The van der Waals surface area contributed by atoms with Crippen molar-refractivity contribution in [1.29, 1.82) is 0 Å². The SMILES string of the molecule is NC(=O)c1cnc(C(=O)CCc2ccc(Oc3ccccc3)cc2)o1. The fraction of sp³-hybridized carbons (Fsp3) is 0.105. The Morgan fingerprint density at radius 2 is 1.68 bits per heavy atom. The van der Waals surface area contributed by atoms with Gasteiger partial charge in [-0.25, -0.2) is 4.98 Å². The maximum absolute atomic E-state index is 12.0. The molecule has 0 radical (unpaired) electrons. The van der Waals surface area contributed by atoms with Crippen molar-refractivity contribution in [2.24, 2.45) is 5.73 Å². The summed E-state index contributed by atoms with van der Waals surface area (Å²) in [7, 11) is 0. The zero-order valence-corrected chi connectivity index (χ0v) is 13.3. The molecule has 2 N–H and O–H groups in total. The number of aromatic nitrogens is 1. The molecule has 3 aromatic rings. The summed E-state index contributed by atoms with van der Waals surface area (Å²) < 4.78 is 10.7. The lowest BCUT2D eigenvalue weighted by molar-refractivity contribution is 0.0935. The summed E-state index contributed by atoms with van der Waals surface area (Å²) in [6.07, 6.45) is 1.90. The number of ether oxygens (including phenoxy) is 1. The quantitative estimate of drug-likeness (QED) is 0.667. The second-order valence-corrected chi connectivity index (χ2v) is 5.38. The van der Waals surface area contributed by atoms with Gasteiger partial charge < -0.3 is 14.9 Å². The van der Waals surface area contributed by atoms with Crippen LogP contribution in [0.3, 0.4) is 0 Å². The smallest absolute Gasteiger partial charge is 0.286 e. The molecule has 0 fully saturated rings. The van der Waals surface area contributed by atoms with E-state index in [1.807, 2.05) is 54.6 Å². The molecule has 25 heavy (non-hydrogen) atoms. The zero-order chi connectivity index (χ0) is 17.6. The summed E-state index contributed by atoms with van der Waals surface area (Å²) in [5, 5.41) is 0. The summed E-state index contributed by atoms with van der Waals surface area (Å²) in [6, 6.07) is 17.0. The standard InChI is InChI=1S/C19H16N2O4/c20-18(23)17-12-21-19(25-17)16(22)11-8-13-6-9-15(10-7-13)24-14-4-2-1-3-5-14/h1-7,9-10,12H,8,11H2,(H2,20,23). The highest BCUT2D eigenvalue weighted by Crippen LogP contribution is 2.21. The van der Waals surface area contributed by atoms with Crippen LogP contribution >= 0.6 is 0 Å². The van der Waals surface area contributed by atoms with Crippen molar-refractivity contribution in [3.8, 4) is 11.5 Å².